The molecule has 1 aliphatic heterocycles. The first-order valence-corrected chi connectivity index (χ1v) is 9.40. The standard InChI is InChI=1S/C22H21FN4O2/c1-15-13-29-21-7-4-17(19-10-24-14-25-11-19)8-18(21)12-27(15)22(28)26-9-16-2-5-20(23)6-3-16/h2-8,10-11,14-15H,9,12-13H2,1H3,(H,26,28)/t15-/m0/s1. The van der Waals surface area contributed by atoms with Crippen LogP contribution in [0.4, 0.5) is 9.18 Å². The fourth-order valence-electron chi connectivity index (χ4n) is 3.26. The lowest BCUT2D eigenvalue weighted by Crippen LogP contribution is -2.45. The third-order valence-electron chi connectivity index (χ3n) is 4.93. The summed E-state index contributed by atoms with van der Waals surface area (Å²) in [6.45, 7) is 3.12. The number of rotatable bonds is 3. The highest BCUT2D eigenvalue weighted by Gasteiger charge is 2.26. The van der Waals surface area contributed by atoms with E-state index < -0.39 is 0 Å². The van der Waals surface area contributed by atoms with Gasteiger partial charge in [-0.15, -0.1) is 0 Å². The van der Waals surface area contributed by atoms with E-state index in [0.29, 0.717) is 19.7 Å². The van der Waals surface area contributed by atoms with Crippen molar-refractivity contribution in [3.8, 4) is 16.9 Å². The molecule has 4 rings (SSSR count). The van der Waals surface area contributed by atoms with Crippen molar-refractivity contribution in [2.75, 3.05) is 6.61 Å². The zero-order chi connectivity index (χ0) is 20.2. The van der Waals surface area contributed by atoms with Crippen LogP contribution in [-0.4, -0.2) is 33.5 Å². The molecule has 0 fully saturated rings. The number of urea groups is 1. The van der Waals surface area contributed by atoms with Gasteiger partial charge in [-0.2, -0.15) is 0 Å². The van der Waals surface area contributed by atoms with Crippen LogP contribution in [0.2, 0.25) is 0 Å². The Morgan fingerprint density at radius 3 is 2.69 bits per heavy atom. The van der Waals surface area contributed by atoms with Crippen molar-refractivity contribution >= 4 is 6.03 Å². The van der Waals surface area contributed by atoms with Gasteiger partial charge in [0.15, 0.2) is 0 Å². The quantitative estimate of drug-likeness (QED) is 0.737. The molecule has 148 valence electrons. The number of carbonyl (C=O) groups excluding carboxylic acids is 1. The number of fused-ring (bicyclic) bond motifs is 1. The van der Waals surface area contributed by atoms with E-state index in [1.54, 1.807) is 29.4 Å². The average Bonchev–Trinajstić information content (AvgIpc) is 2.92. The fourth-order valence-corrected chi connectivity index (χ4v) is 3.26. The molecule has 2 heterocycles. The summed E-state index contributed by atoms with van der Waals surface area (Å²) in [4.78, 5) is 22.7. The number of hydrogen-bond donors (Lipinski definition) is 1. The first kappa shape index (κ1) is 18.9. The number of nitrogens with one attached hydrogen (secondary N) is 1. The van der Waals surface area contributed by atoms with E-state index in [0.717, 1.165) is 28.0 Å². The van der Waals surface area contributed by atoms with Crippen molar-refractivity contribution in [2.45, 2.75) is 26.1 Å². The van der Waals surface area contributed by atoms with Crippen LogP contribution in [0, 0.1) is 5.82 Å². The van der Waals surface area contributed by atoms with Gasteiger partial charge in [-0.25, -0.2) is 19.2 Å². The Hall–Kier alpha value is -3.48. The van der Waals surface area contributed by atoms with E-state index in [1.807, 2.05) is 25.1 Å². The Bertz CT molecular complexity index is 995. The number of ether oxygens (including phenoxy) is 1. The van der Waals surface area contributed by atoms with Gasteiger partial charge in [0, 0.05) is 30.1 Å². The maximum atomic E-state index is 13.1. The van der Waals surface area contributed by atoms with Crippen molar-refractivity contribution in [3.05, 3.63) is 78.1 Å². The molecule has 6 nitrogen and oxygen atoms in total. The number of amides is 2. The van der Waals surface area contributed by atoms with Crippen LogP contribution in [0.3, 0.4) is 0 Å². The summed E-state index contributed by atoms with van der Waals surface area (Å²) < 4.78 is 19.0. The SMILES string of the molecule is C[C@H]1COc2ccc(-c3cncnc3)cc2CN1C(=O)NCc1ccc(F)cc1. The third kappa shape index (κ3) is 4.34. The Morgan fingerprint density at radius 1 is 1.17 bits per heavy atom. The van der Waals surface area contributed by atoms with Crippen molar-refractivity contribution in [3.63, 3.8) is 0 Å². The number of carbonyl (C=O) groups is 1. The highest BCUT2D eigenvalue weighted by molar-refractivity contribution is 5.75. The Kier molecular flexibility index (Phi) is 5.37. The van der Waals surface area contributed by atoms with Gasteiger partial charge in [0.2, 0.25) is 0 Å². The Morgan fingerprint density at radius 2 is 1.93 bits per heavy atom. The first-order valence-electron chi connectivity index (χ1n) is 9.40. The highest BCUT2D eigenvalue weighted by atomic mass is 19.1. The van der Waals surface area contributed by atoms with Crippen LogP contribution >= 0.6 is 0 Å². The summed E-state index contributed by atoms with van der Waals surface area (Å²) in [7, 11) is 0. The molecule has 7 heteroatoms. The molecule has 0 spiro atoms. The van der Waals surface area contributed by atoms with Gasteiger partial charge in [0.1, 0.15) is 24.5 Å². The summed E-state index contributed by atoms with van der Waals surface area (Å²) in [6.07, 6.45) is 5.00. The van der Waals surface area contributed by atoms with Crippen LogP contribution in [0.5, 0.6) is 5.75 Å². The number of halogens is 1. The summed E-state index contributed by atoms with van der Waals surface area (Å²) in [6, 6.07) is 11.7. The minimum absolute atomic E-state index is 0.0980. The van der Waals surface area contributed by atoms with E-state index in [2.05, 4.69) is 15.3 Å². The topological polar surface area (TPSA) is 67.4 Å². The number of aromatic nitrogens is 2. The van der Waals surface area contributed by atoms with E-state index in [1.165, 1.54) is 18.5 Å². The zero-order valence-corrected chi connectivity index (χ0v) is 16.0. The van der Waals surface area contributed by atoms with E-state index in [9.17, 15) is 9.18 Å². The molecule has 1 atom stereocenters. The molecule has 29 heavy (non-hydrogen) atoms. The molecular formula is C22H21FN4O2. The molecule has 0 radical (unpaired) electrons. The molecule has 1 N–H and O–H groups in total. The van der Waals surface area contributed by atoms with E-state index in [4.69, 9.17) is 4.74 Å². The van der Waals surface area contributed by atoms with Gasteiger partial charge in [-0.1, -0.05) is 18.2 Å². The molecular weight excluding hydrogens is 371 g/mol. The van der Waals surface area contributed by atoms with Gasteiger partial charge < -0.3 is 15.0 Å². The predicted octanol–water partition coefficient (Wildman–Crippen LogP) is 3.78. The third-order valence-corrected chi connectivity index (χ3v) is 4.93. The molecule has 2 amide bonds. The lowest BCUT2D eigenvalue weighted by molar-refractivity contribution is 0.156. The minimum Gasteiger partial charge on any atom is -0.491 e. The van der Waals surface area contributed by atoms with Crippen LogP contribution in [0.25, 0.3) is 11.1 Å². The predicted molar refractivity (Wildman–Crippen MR) is 107 cm³/mol. The molecule has 1 aromatic heterocycles. The molecule has 0 aliphatic carbocycles. The molecule has 0 saturated heterocycles. The highest BCUT2D eigenvalue weighted by Crippen LogP contribution is 2.30. The summed E-state index contributed by atoms with van der Waals surface area (Å²) in [5, 5.41) is 2.91. The van der Waals surface area contributed by atoms with Gasteiger partial charge in [-0.05, 0) is 42.3 Å². The van der Waals surface area contributed by atoms with E-state index in [-0.39, 0.29) is 17.9 Å². The summed E-state index contributed by atoms with van der Waals surface area (Å²) >= 11 is 0. The molecule has 0 saturated carbocycles. The molecule has 2 aromatic carbocycles. The van der Waals surface area contributed by atoms with Gasteiger partial charge in [-0.3, -0.25) is 0 Å². The second kappa shape index (κ2) is 8.26. The van der Waals surface area contributed by atoms with Crippen LogP contribution in [-0.2, 0) is 13.1 Å². The van der Waals surface area contributed by atoms with Gasteiger partial charge >= 0.3 is 6.03 Å². The number of nitrogens with zero attached hydrogens (tertiary/aromatic N) is 3. The molecule has 3 aromatic rings. The van der Waals surface area contributed by atoms with Crippen LogP contribution < -0.4 is 10.1 Å². The summed E-state index contributed by atoms with van der Waals surface area (Å²) in [5.74, 6) is 0.473. The largest absolute Gasteiger partial charge is 0.491 e. The van der Waals surface area contributed by atoms with Crippen molar-refractivity contribution in [2.24, 2.45) is 0 Å². The monoisotopic (exact) mass is 392 g/mol. The van der Waals surface area contributed by atoms with Gasteiger partial charge in [0.25, 0.3) is 0 Å². The second-order valence-electron chi connectivity index (χ2n) is 7.02. The number of hydrogen-bond acceptors (Lipinski definition) is 4. The molecule has 0 unspecified atom stereocenters. The zero-order valence-electron chi connectivity index (χ0n) is 16.0. The smallest absolute Gasteiger partial charge is 0.318 e. The Labute approximate surface area is 168 Å². The second-order valence-corrected chi connectivity index (χ2v) is 7.02. The lowest BCUT2D eigenvalue weighted by atomic mass is 10.0. The van der Waals surface area contributed by atoms with Crippen molar-refractivity contribution in [1.82, 2.24) is 20.2 Å². The van der Waals surface area contributed by atoms with Crippen molar-refractivity contribution < 1.29 is 13.9 Å². The van der Waals surface area contributed by atoms with E-state index >= 15 is 0 Å². The minimum atomic E-state index is -0.297. The summed E-state index contributed by atoms with van der Waals surface area (Å²) in [5.41, 5.74) is 3.63. The van der Waals surface area contributed by atoms with Crippen LogP contribution in [0.15, 0.2) is 61.2 Å². The average molecular weight is 392 g/mol. The number of benzene rings is 2. The Balaban J connectivity index is 1.51. The molecule has 1 aliphatic rings. The lowest BCUT2D eigenvalue weighted by Gasteiger charge is -2.26. The fraction of sp³-hybridized carbons (Fsp3) is 0.227. The maximum absolute atomic E-state index is 13.1. The van der Waals surface area contributed by atoms with Crippen molar-refractivity contribution in [1.29, 1.82) is 0 Å². The molecule has 0 bridgehead atoms. The van der Waals surface area contributed by atoms with Gasteiger partial charge in [0.05, 0.1) is 12.6 Å². The van der Waals surface area contributed by atoms with Crippen LogP contribution in [0.1, 0.15) is 18.1 Å². The maximum Gasteiger partial charge on any atom is 0.318 e. The first-order chi connectivity index (χ1) is 14.1. The normalized spacial score (nSPS) is 15.8.